The van der Waals surface area contributed by atoms with Crippen molar-refractivity contribution in [2.24, 2.45) is 23.2 Å². The lowest BCUT2D eigenvalue weighted by atomic mass is 9.47. The van der Waals surface area contributed by atoms with Gasteiger partial charge in [-0.2, -0.15) is 0 Å². The molecule has 0 aromatic carbocycles. The minimum atomic E-state index is -1.92. The zero-order valence-corrected chi connectivity index (χ0v) is 21.6. The average Bonchev–Trinajstić information content (AvgIpc) is 3.21. The standard InChI is InChI=1S/C26H44O4Si/c1-24(2,3)31(5,6)30-23(19-10-8-7-9-11-19)13-12-20-21-18-26(28-16-17-29-26)25(21,4)15-14-22(20)27/h19-23,27H,7-11,14-18H2,1-6H3/t20-,21-,22-,23-,25+/m1/s1. The Morgan fingerprint density at radius 1 is 1.06 bits per heavy atom. The molecule has 1 aliphatic heterocycles. The highest BCUT2D eigenvalue weighted by atomic mass is 28.4. The van der Waals surface area contributed by atoms with Gasteiger partial charge in [-0.1, -0.05) is 58.8 Å². The summed E-state index contributed by atoms with van der Waals surface area (Å²) in [5.74, 6) is 7.63. The molecule has 5 heteroatoms. The highest BCUT2D eigenvalue weighted by Crippen LogP contribution is 2.66. The summed E-state index contributed by atoms with van der Waals surface area (Å²) in [4.78, 5) is 0. The number of aliphatic hydroxyl groups excluding tert-OH is 1. The van der Waals surface area contributed by atoms with Gasteiger partial charge in [0.05, 0.1) is 25.2 Å². The van der Waals surface area contributed by atoms with E-state index in [4.69, 9.17) is 13.9 Å². The number of fused-ring (bicyclic) bond motifs is 2. The fraction of sp³-hybridized carbons (Fsp3) is 0.923. The van der Waals surface area contributed by atoms with Gasteiger partial charge in [-0.15, -0.1) is 0 Å². The summed E-state index contributed by atoms with van der Waals surface area (Å²) in [5, 5.41) is 11.1. The summed E-state index contributed by atoms with van der Waals surface area (Å²) in [7, 11) is -1.92. The topological polar surface area (TPSA) is 47.9 Å². The fourth-order valence-electron chi connectivity index (χ4n) is 6.15. The van der Waals surface area contributed by atoms with E-state index in [-0.39, 0.29) is 28.6 Å². The lowest BCUT2D eigenvalue weighted by Gasteiger charge is -2.64. The molecule has 0 bridgehead atoms. The first-order valence-corrected chi connectivity index (χ1v) is 15.5. The predicted molar refractivity (Wildman–Crippen MR) is 126 cm³/mol. The third-order valence-electron chi connectivity index (χ3n) is 9.44. The van der Waals surface area contributed by atoms with E-state index in [1.54, 1.807) is 0 Å². The van der Waals surface area contributed by atoms with Crippen molar-refractivity contribution >= 4 is 8.32 Å². The first-order valence-electron chi connectivity index (χ1n) is 12.6. The molecule has 3 saturated carbocycles. The van der Waals surface area contributed by atoms with Crippen LogP contribution < -0.4 is 0 Å². The fourth-order valence-corrected chi connectivity index (χ4v) is 7.39. The van der Waals surface area contributed by atoms with Crippen molar-refractivity contribution in [1.29, 1.82) is 0 Å². The van der Waals surface area contributed by atoms with E-state index >= 15 is 0 Å². The molecule has 0 radical (unpaired) electrons. The van der Waals surface area contributed by atoms with E-state index in [0.29, 0.717) is 25.0 Å². The van der Waals surface area contributed by atoms with Crippen molar-refractivity contribution in [3.63, 3.8) is 0 Å². The maximum absolute atomic E-state index is 10.9. The van der Waals surface area contributed by atoms with E-state index < -0.39 is 14.1 Å². The van der Waals surface area contributed by atoms with Crippen LogP contribution in [0.2, 0.25) is 18.1 Å². The summed E-state index contributed by atoms with van der Waals surface area (Å²) in [6.45, 7) is 15.2. The normalized spacial score (nSPS) is 36.9. The molecule has 4 rings (SSSR count). The molecule has 0 aromatic rings. The first-order chi connectivity index (χ1) is 14.5. The molecule has 176 valence electrons. The highest BCUT2D eigenvalue weighted by molar-refractivity contribution is 6.74. The van der Waals surface area contributed by atoms with E-state index in [9.17, 15) is 5.11 Å². The Kier molecular flexibility index (Phi) is 6.47. The van der Waals surface area contributed by atoms with Gasteiger partial charge >= 0.3 is 0 Å². The second-order valence-corrected chi connectivity index (χ2v) is 17.1. The molecule has 0 unspecified atom stereocenters. The van der Waals surface area contributed by atoms with Crippen molar-refractivity contribution < 1.29 is 19.0 Å². The SMILES string of the molecule is CC(C)(C)[Si](C)(C)O[C@H](C#C[C@H]1[C@H](O)CC[C@@]2(C)[C@@H]1CC21OCCO1)C1CCCCC1. The summed E-state index contributed by atoms with van der Waals surface area (Å²) in [6.07, 6.45) is 8.56. The van der Waals surface area contributed by atoms with E-state index in [2.05, 4.69) is 52.6 Å². The highest BCUT2D eigenvalue weighted by Gasteiger charge is 2.69. The molecule has 5 atom stereocenters. The van der Waals surface area contributed by atoms with Crippen LogP contribution in [0.1, 0.15) is 79.1 Å². The van der Waals surface area contributed by atoms with Crippen LogP contribution in [0.4, 0.5) is 0 Å². The second kappa shape index (κ2) is 8.44. The minimum absolute atomic E-state index is 0.00501. The van der Waals surface area contributed by atoms with Gasteiger partial charge in [0.2, 0.25) is 0 Å². The molecule has 3 aliphatic carbocycles. The molecular weight excluding hydrogens is 404 g/mol. The Morgan fingerprint density at radius 2 is 1.71 bits per heavy atom. The Morgan fingerprint density at radius 3 is 2.32 bits per heavy atom. The molecule has 0 amide bonds. The van der Waals surface area contributed by atoms with Crippen molar-refractivity contribution in [3.8, 4) is 11.8 Å². The lowest BCUT2D eigenvalue weighted by Crippen LogP contribution is -2.67. The largest absolute Gasteiger partial charge is 0.403 e. The lowest BCUT2D eigenvalue weighted by molar-refractivity contribution is -0.344. The van der Waals surface area contributed by atoms with E-state index in [1.165, 1.54) is 32.1 Å². The zero-order valence-electron chi connectivity index (χ0n) is 20.6. The molecule has 31 heavy (non-hydrogen) atoms. The predicted octanol–water partition coefficient (Wildman–Crippen LogP) is 5.50. The van der Waals surface area contributed by atoms with Crippen LogP contribution in [0.15, 0.2) is 0 Å². The maximum atomic E-state index is 10.9. The van der Waals surface area contributed by atoms with Gasteiger partial charge in [-0.3, -0.25) is 0 Å². The van der Waals surface area contributed by atoms with Gasteiger partial charge in [-0.25, -0.2) is 0 Å². The van der Waals surface area contributed by atoms with E-state index in [0.717, 1.165) is 19.3 Å². The third kappa shape index (κ3) is 4.17. The van der Waals surface area contributed by atoms with Crippen LogP contribution in [-0.2, 0) is 13.9 Å². The first kappa shape index (κ1) is 23.8. The summed E-state index contributed by atoms with van der Waals surface area (Å²) in [5.41, 5.74) is -0.0390. The van der Waals surface area contributed by atoms with Crippen molar-refractivity contribution in [2.45, 2.75) is 115 Å². The van der Waals surface area contributed by atoms with Gasteiger partial charge in [0.25, 0.3) is 0 Å². The number of ether oxygens (including phenoxy) is 2. The molecule has 4 fully saturated rings. The van der Waals surface area contributed by atoms with Crippen LogP contribution in [0.5, 0.6) is 0 Å². The van der Waals surface area contributed by atoms with Gasteiger partial charge in [0.1, 0.15) is 6.10 Å². The van der Waals surface area contributed by atoms with E-state index in [1.807, 2.05) is 0 Å². The molecule has 1 saturated heterocycles. The average molecular weight is 449 g/mol. The van der Waals surface area contributed by atoms with Crippen LogP contribution in [0.25, 0.3) is 0 Å². The van der Waals surface area contributed by atoms with Crippen molar-refractivity contribution in [2.75, 3.05) is 13.2 Å². The van der Waals surface area contributed by atoms with Crippen molar-refractivity contribution in [3.05, 3.63) is 0 Å². The minimum Gasteiger partial charge on any atom is -0.403 e. The van der Waals surface area contributed by atoms with Gasteiger partial charge in [0, 0.05) is 11.8 Å². The van der Waals surface area contributed by atoms with Crippen molar-refractivity contribution in [1.82, 2.24) is 0 Å². The molecule has 0 aromatic heterocycles. The number of aliphatic hydroxyl groups is 1. The molecule has 4 aliphatic rings. The van der Waals surface area contributed by atoms with Crippen LogP contribution in [-0.4, -0.2) is 44.6 Å². The summed E-state index contributed by atoms with van der Waals surface area (Å²) in [6, 6.07) is 0. The van der Waals surface area contributed by atoms with Crippen LogP contribution in [0, 0.1) is 35.0 Å². The zero-order chi connectivity index (χ0) is 22.5. The molecule has 1 N–H and O–H groups in total. The smallest absolute Gasteiger partial charge is 0.193 e. The Balaban J connectivity index is 1.56. The number of hydrogen-bond acceptors (Lipinski definition) is 4. The molecule has 1 spiro atoms. The number of hydrogen-bond donors (Lipinski definition) is 1. The van der Waals surface area contributed by atoms with Crippen LogP contribution >= 0.6 is 0 Å². The quantitative estimate of drug-likeness (QED) is 0.457. The van der Waals surface area contributed by atoms with Gasteiger partial charge in [0.15, 0.2) is 14.1 Å². The molecule has 4 nitrogen and oxygen atoms in total. The maximum Gasteiger partial charge on any atom is 0.193 e. The third-order valence-corrected chi connectivity index (χ3v) is 13.9. The van der Waals surface area contributed by atoms with Gasteiger partial charge < -0.3 is 19.0 Å². The van der Waals surface area contributed by atoms with Crippen LogP contribution in [0.3, 0.4) is 0 Å². The second-order valence-electron chi connectivity index (χ2n) is 12.3. The molecule has 1 heterocycles. The number of rotatable bonds is 3. The summed E-state index contributed by atoms with van der Waals surface area (Å²) < 4.78 is 19.1. The monoisotopic (exact) mass is 448 g/mol. The summed E-state index contributed by atoms with van der Waals surface area (Å²) >= 11 is 0. The Bertz CT molecular complexity index is 705. The molecular formula is C26H44O4Si. The van der Waals surface area contributed by atoms with Gasteiger partial charge in [-0.05, 0) is 55.7 Å². The Labute approximate surface area is 190 Å². The Hall–Kier alpha value is -0.383.